The van der Waals surface area contributed by atoms with Crippen molar-refractivity contribution < 1.29 is 14.6 Å². The van der Waals surface area contributed by atoms with Gasteiger partial charge in [0.25, 0.3) is 0 Å². The smallest absolute Gasteiger partial charge is 0.160 e. The maximum atomic E-state index is 9.41. The number of methoxy groups -OCH3 is 2. The summed E-state index contributed by atoms with van der Waals surface area (Å²) in [5, 5.41) is 17.6. The largest absolute Gasteiger partial charge is 0.493 e. The van der Waals surface area contributed by atoms with Crippen LogP contribution in [0.1, 0.15) is 36.8 Å². The van der Waals surface area contributed by atoms with Gasteiger partial charge in [-0.05, 0) is 31.5 Å². The van der Waals surface area contributed by atoms with Gasteiger partial charge >= 0.3 is 0 Å². The van der Waals surface area contributed by atoms with Crippen molar-refractivity contribution in [1.82, 2.24) is 15.0 Å². The highest BCUT2D eigenvalue weighted by molar-refractivity contribution is 5.44. The van der Waals surface area contributed by atoms with Gasteiger partial charge in [-0.2, -0.15) is 0 Å². The predicted molar refractivity (Wildman–Crippen MR) is 78.7 cm³/mol. The number of ether oxygens (including phenoxy) is 2. The molecule has 0 amide bonds. The van der Waals surface area contributed by atoms with E-state index in [-0.39, 0.29) is 12.6 Å². The van der Waals surface area contributed by atoms with Crippen LogP contribution in [0, 0.1) is 0 Å². The van der Waals surface area contributed by atoms with Gasteiger partial charge in [-0.15, -0.1) is 5.10 Å². The van der Waals surface area contributed by atoms with E-state index >= 15 is 0 Å². The van der Waals surface area contributed by atoms with Crippen LogP contribution < -0.4 is 9.47 Å². The molecule has 0 unspecified atom stereocenters. The highest BCUT2D eigenvalue weighted by atomic mass is 16.5. The van der Waals surface area contributed by atoms with E-state index in [2.05, 4.69) is 10.3 Å². The van der Waals surface area contributed by atoms with Crippen molar-refractivity contribution in [2.75, 3.05) is 14.2 Å². The highest BCUT2D eigenvalue weighted by Crippen LogP contribution is 2.29. The minimum atomic E-state index is -0.116. The van der Waals surface area contributed by atoms with Crippen molar-refractivity contribution in [3.63, 3.8) is 0 Å². The number of rotatable bonds is 6. The van der Waals surface area contributed by atoms with E-state index in [1.807, 2.05) is 36.7 Å². The lowest BCUT2D eigenvalue weighted by atomic mass is 10.1. The lowest BCUT2D eigenvalue weighted by Crippen LogP contribution is -2.09. The summed E-state index contributed by atoms with van der Waals surface area (Å²) >= 11 is 0. The number of aromatic nitrogens is 3. The normalized spacial score (nSPS) is 11.0. The molecule has 2 rings (SSSR count). The van der Waals surface area contributed by atoms with Crippen LogP contribution in [0.15, 0.2) is 18.2 Å². The molecule has 1 aromatic carbocycles. The summed E-state index contributed by atoms with van der Waals surface area (Å²) in [6.45, 7) is 3.96. The van der Waals surface area contributed by atoms with Crippen LogP contribution in [-0.2, 0) is 13.0 Å². The van der Waals surface area contributed by atoms with Gasteiger partial charge in [-0.3, -0.25) is 0 Å². The summed E-state index contributed by atoms with van der Waals surface area (Å²) in [6.07, 6.45) is 0.626. The van der Waals surface area contributed by atoms with Gasteiger partial charge in [0.2, 0.25) is 0 Å². The van der Waals surface area contributed by atoms with Crippen molar-refractivity contribution >= 4 is 0 Å². The number of benzene rings is 1. The van der Waals surface area contributed by atoms with Gasteiger partial charge in [-0.1, -0.05) is 11.3 Å². The van der Waals surface area contributed by atoms with Gasteiger partial charge in [0, 0.05) is 12.5 Å². The molecule has 1 N–H and O–H groups in total. The first kappa shape index (κ1) is 15.3. The Labute approximate surface area is 124 Å². The Kier molecular flexibility index (Phi) is 4.80. The zero-order chi connectivity index (χ0) is 15.4. The zero-order valence-corrected chi connectivity index (χ0v) is 12.8. The van der Waals surface area contributed by atoms with Crippen molar-refractivity contribution in [3.05, 3.63) is 35.2 Å². The molecule has 0 spiro atoms. The summed E-state index contributed by atoms with van der Waals surface area (Å²) in [7, 11) is 3.22. The number of hydrogen-bond donors (Lipinski definition) is 1. The Balaban J connectivity index is 2.35. The monoisotopic (exact) mass is 291 g/mol. The maximum absolute atomic E-state index is 9.41. The molecule has 21 heavy (non-hydrogen) atoms. The first-order valence-electron chi connectivity index (χ1n) is 6.85. The average Bonchev–Trinajstić information content (AvgIpc) is 2.90. The Bertz CT molecular complexity index is 608. The molecule has 0 atom stereocenters. The van der Waals surface area contributed by atoms with E-state index in [9.17, 15) is 5.11 Å². The molecule has 114 valence electrons. The first-order valence-corrected chi connectivity index (χ1v) is 6.85. The molecule has 0 radical (unpaired) electrons. The minimum absolute atomic E-state index is 0.116. The summed E-state index contributed by atoms with van der Waals surface area (Å²) < 4.78 is 12.4. The van der Waals surface area contributed by atoms with Gasteiger partial charge in [0.1, 0.15) is 5.69 Å². The molecule has 0 bridgehead atoms. The number of hydrogen-bond acceptors (Lipinski definition) is 5. The predicted octanol–water partition coefficient (Wildman–Crippen LogP) is 1.96. The Morgan fingerprint density at radius 2 is 1.90 bits per heavy atom. The molecule has 0 aliphatic carbocycles. The third-order valence-corrected chi connectivity index (χ3v) is 3.33. The number of nitrogens with zero attached hydrogens (tertiary/aromatic N) is 3. The molecule has 2 aromatic rings. The molecule has 6 nitrogen and oxygen atoms in total. The van der Waals surface area contributed by atoms with Crippen LogP contribution in [0.25, 0.3) is 0 Å². The lowest BCUT2D eigenvalue weighted by molar-refractivity contribution is 0.275. The van der Waals surface area contributed by atoms with Crippen molar-refractivity contribution in [1.29, 1.82) is 0 Å². The van der Waals surface area contributed by atoms with E-state index in [0.29, 0.717) is 23.6 Å². The van der Waals surface area contributed by atoms with E-state index in [1.165, 1.54) is 0 Å². The second-order valence-corrected chi connectivity index (χ2v) is 5.05. The summed E-state index contributed by atoms with van der Waals surface area (Å²) in [5.74, 6) is 1.38. The van der Waals surface area contributed by atoms with E-state index in [0.717, 1.165) is 11.3 Å². The van der Waals surface area contributed by atoms with Crippen LogP contribution in [0.5, 0.6) is 11.5 Å². The Morgan fingerprint density at radius 1 is 1.19 bits per heavy atom. The van der Waals surface area contributed by atoms with Crippen molar-refractivity contribution in [3.8, 4) is 11.5 Å². The van der Waals surface area contributed by atoms with Crippen molar-refractivity contribution in [2.45, 2.75) is 32.9 Å². The van der Waals surface area contributed by atoms with E-state index in [4.69, 9.17) is 9.47 Å². The van der Waals surface area contributed by atoms with Gasteiger partial charge in [-0.25, -0.2) is 4.68 Å². The third kappa shape index (κ3) is 3.16. The van der Waals surface area contributed by atoms with Crippen LogP contribution >= 0.6 is 0 Å². The molecule has 0 saturated heterocycles. The third-order valence-electron chi connectivity index (χ3n) is 3.33. The maximum Gasteiger partial charge on any atom is 0.160 e. The van der Waals surface area contributed by atoms with Crippen molar-refractivity contribution in [2.24, 2.45) is 0 Å². The standard InChI is InChI=1S/C15H21N3O3/c1-10(2)18-13(12(9-19)16-17-18)7-11-5-6-14(20-3)15(8-11)21-4/h5-6,8,10,19H,7,9H2,1-4H3. The van der Waals surface area contributed by atoms with Gasteiger partial charge in [0.15, 0.2) is 11.5 Å². The molecular weight excluding hydrogens is 270 g/mol. The van der Waals surface area contributed by atoms with Gasteiger partial charge < -0.3 is 14.6 Å². The quantitative estimate of drug-likeness (QED) is 0.881. The fourth-order valence-electron chi connectivity index (χ4n) is 2.25. The number of aliphatic hydroxyl groups is 1. The fraction of sp³-hybridized carbons (Fsp3) is 0.467. The SMILES string of the molecule is COc1ccc(Cc2c(CO)nnn2C(C)C)cc1OC. The molecule has 0 saturated carbocycles. The second kappa shape index (κ2) is 6.58. The van der Waals surface area contributed by atoms with Crippen LogP contribution in [0.2, 0.25) is 0 Å². The molecule has 1 aromatic heterocycles. The minimum Gasteiger partial charge on any atom is -0.493 e. The molecule has 0 aliphatic rings. The average molecular weight is 291 g/mol. The Morgan fingerprint density at radius 3 is 2.48 bits per heavy atom. The van der Waals surface area contributed by atoms with Crippen LogP contribution in [-0.4, -0.2) is 34.3 Å². The molecule has 6 heteroatoms. The topological polar surface area (TPSA) is 69.4 Å². The Hall–Kier alpha value is -2.08. The number of aliphatic hydroxyl groups excluding tert-OH is 1. The van der Waals surface area contributed by atoms with Crippen LogP contribution in [0.3, 0.4) is 0 Å². The summed E-state index contributed by atoms with van der Waals surface area (Å²) in [4.78, 5) is 0. The highest BCUT2D eigenvalue weighted by Gasteiger charge is 2.15. The van der Waals surface area contributed by atoms with Gasteiger partial charge in [0.05, 0.1) is 26.5 Å². The molecule has 0 aliphatic heterocycles. The summed E-state index contributed by atoms with van der Waals surface area (Å²) in [6, 6.07) is 5.96. The van der Waals surface area contributed by atoms with Crippen LogP contribution in [0.4, 0.5) is 0 Å². The molecule has 1 heterocycles. The van der Waals surface area contributed by atoms with E-state index in [1.54, 1.807) is 14.2 Å². The molecular formula is C15H21N3O3. The second-order valence-electron chi connectivity index (χ2n) is 5.05. The summed E-state index contributed by atoms with van der Waals surface area (Å²) in [5.41, 5.74) is 2.57. The lowest BCUT2D eigenvalue weighted by Gasteiger charge is -2.12. The first-order chi connectivity index (χ1) is 10.1. The molecule has 0 fully saturated rings. The fourth-order valence-corrected chi connectivity index (χ4v) is 2.25. The van der Waals surface area contributed by atoms with E-state index < -0.39 is 0 Å². The zero-order valence-electron chi connectivity index (χ0n) is 12.8.